The van der Waals surface area contributed by atoms with Gasteiger partial charge >= 0.3 is 5.63 Å². The minimum atomic E-state index is -0.424. The van der Waals surface area contributed by atoms with Crippen molar-refractivity contribution in [1.29, 1.82) is 0 Å². The lowest BCUT2D eigenvalue weighted by atomic mass is 10.0. The molecule has 0 fully saturated rings. The summed E-state index contributed by atoms with van der Waals surface area (Å²) < 4.78 is 10.7. The largest absolute Gasteiger partial charge is 0.497 e. The fourth-order valence-corrected chi connectivity index (χ4v) is 3.99. The molecule has 1 N–H and O–H groups in total. The van der Waals surface area contributed by atoms with Crippen LogP contribution in [-0.4, -0.2) is 13.0 Å². The second-order valence-electron chi connectivity index (χ2n) is 7.17. The van der Waals surface area contributed by atoms with Crippen LogP contribution in [-0.2, 0) is 24.1 Å². The van der Waals surface area contributed by atoms with E-state index in [9.17, 15) is 9.59 Å². The molecule has 0 aliphatic rings. The van der Waals surface area contributed by atoms with Crippen LogP contribution in [0.3, 0.4) is 0 Å². The lowest BCUT2D eigenvalue weighted by Crippen LogP contribution is -2.18. The number of hydrogen-bond donors (Lipinski definition) is 1. The molecule has 3 rings (SSSR count). The first-order valence-corrected chi connectivity index (χ1v) is 10.5. The van der Waals surface area contributed by atoms with Gasteiger partial charge in [-0.25, -0.2) is 4.79 Å². The molecule has 0 saturated heterocycles. The monoisotopic (exact) mass is 427 g/mol. The molecule has 0 unspecified atom stereocenters. The van der Waals surface area contributed by atoms with Crippen LogP contribution < -0.4 is 15.7 Å². The number of anilines is 1. The Morgan fingerprint density at radius 3 is 2.57 bits per heavy atom. The summed E-state index contributed by atoms with van der Waals surface area (Å²) in [4.78, 5) is 25.2. The highest BCUT2D eigenvalue weighted by Gasteiger charge is 2.16. The van der Waals surface area contributed by atoms with Gasteiger partial charge in [-0.1, -0.05) is 31.5 Å². The van der Waals surface area contributed by atoms with Crippen LogP contribution in [0.15, 0.2) is 39.5 Å². The number of fused-ring (bicyclic) bond motifs is 1. The summed E-state index contributed by atoms with van der Waals surface area (Å²) in [5.41, 5.74) is 4.14. The summed E-state index contributed by atoms with van der Waals surface area (Å²) in [6, 6.07) is 9.19. The first kappa shape index (κ1) is 21.9. The Hall–Kier alpha value is -2.79. The number of halogens is 1. The standard InChI is InChI=1S/C24H26ClNO4/c1-5-15-7-11-20(25)17(6-2)23(15)26-22(27)12-10-19-14(3)18-9-8-16(29-4)13-21(18)30-24(19)28/h7-9,11,13H,5-6,10,12H2,1-4H3,(H,26,27). The Labute approximate surface area is 181 Å². The molecule has 0 aliphatic carbocycles. The molecule has 6 heteroatoms. The molecule has 0 bridgehead atoms. The molecule has 1 aromatic heterocycles. The second-order valence-corrected chi connectivity index (χ2v) is 7.58. The van der Waals surface area contributed by atoms with Gasteiger partial charge in [-0.3, -0.25) is 4.79 Å². The van der Waals surface area contributed by atoms with Crippen molar-refractivity contribution < 1.29 is 13.9 Å². The van der Waals surface area contributed by atoms with Crippen molar-refractivity contribution in [1.82, 2.24) is 0 Å². The van der Waals surface area contributed by atoms with Gasteiger partial charge in [-0.2, -0.15) is 0 Å². The predicted octanol–water partition coefficient (Wildman–Crippen LogP) is 5.46. The SMILES string of the molecule is CCc1ccc(Cl)c(CC)c1NC(=O)CCc1c(C)c2ccc(OC)cc2oc1=O. The van der Waals surface area contributed by atoms with Crippen LogP contribution in [0.4, 0.5) is 5.69 Å². The molecule has 5 nitrogen and oxygen atoms in total. The third-order valence-corrected chi connectivity index (χ3v) is 5.79. The minimum Gasteiger partial charge on any atom is -0.497 e. The Morgan fingerprint density at radius 2 is 1.90 bits per heavy atom. The van der Waals surface area contributed by atoms with Crippen LogP contribution in [0.2, 0.25) is 5.02 Å². The quantitative estimate of drug-likeness (QED) is 0.508. The van der Waals surface area contributed by atoms with Gasteiger partial charge in [0.2, 0.25) is 5.91 Å². The number of amides is 1. The molecule has 1 amide bonds. The summed E-state index contributed by atoms with van der Waals surface area (Å²) in [7, 11) is 1.56. The third kappa shape index (κ3) is 4.36. The third-order valence-electron chi connectivity index (χ3n) is 5.44. The van der Waals surface area contributed by atoms with E-state index in [-0.39, 0.29) is 12.3 Å². The van der Waals surface area contributed by atoms with Gasteiger partial charge in [-0.05, 0) is 61.1 Å². The number of rotatable bonds is 7. The maximum absolute atomic E-state index is 12.7. The molecule has 2 aromatic carbocycles. The number of benzene rings is 2. The van der Waals surface area contributed by atoms with E-state index in [1.54, 1.807) is 13.2 Å². The number of carbonyl (C=O) groups excluding carboxylic acids is 1. The zero-order valence-electron chi connectivity index (χ0n) is 17.7. The maximum Gasteiger partial charge on any atom is 0.339 e. The predicted molar refractivity (Wildman–Crippen MR) is 121 cm³/mol. The zero-order valence-corrected chi connectivity index (χ0v) is 18.5. The molecule has 1 heterocycles. The fraction of sp³-hybridized carbons (Fsp3) is 0.333. The van der Waals surface area contributed by atoms with E-state index in [4.69, 9.17) is 20.8 Å². The summed E-state index contributed by atoms with van der Waals surface area (Å²) in [6.07, 6.45) is 1.98. The topological polar surface area (TPSA) is 68.5 Å². The Morgan fingerprint density at radius 1 is 1.13 bits per heavy atom. The maximum atomic E-state index is 12.7. The Kier molecular flexibility index (Phi) is 6.83. The molecule has 0 radical (unpaired) electrons. The smallest absolute Gasteiger partial charge is 0.339 e. The summed E-state index contributed by atoms with van der Waals surface area (Å²) >= 11 is 6.32. The Bertz CT molecular complexity index is 1150. The van der Waals surface area contributed by atoms with Gasteiger partial charge in [0.15, 0.2) is 0 Å². The van der Waals surface area contributed by atoms with Crippen molar-refractivity contribution in [2.75, 3.05) is 12.4 Å². The summed E-state index contributed by atoms with van der Waals surface area (Å²) in [5.74, 6) is 0.465. The number of methoxy groups -OCH3 is 1. The van der Waals surface area contributed by atoms with Crippen molar-refractivity contribution in [3.63, 3.8) is 0 Å². The van der Waals surface area contributed by atoms with Crippen LogP contribution in [0.1, 0.15) is 42.5 Å². The first-order chi connectivity index (χ1) is 14.4. The molecule has 0 saturated carbocycles. The van der Waals surface area contributed by atoms with Crippen molar-refractivity contribution in [2.24, 2.45) is 0 Å². The van der Waals surface area contributed by atoms with E-state index in [2.05, 4.69) is 5.32 Å². The van der Waals surface area contributed by atoms with Gasteiger partial charge in [0, 0.05) is 34.1 Å². The summed E-state index contributed by atoms with van der Waals surface area (Å²) in [6.45, 7) is 5.92. The second kappa shape index (κ2) is 9.35. The minimum absolute atomic E-state index is 0.157. The fourth-order valence-electron chi connectivity index (χ4n) is 3.70. The highest BCUT2D eigenvalue weighted by Crippen LogP contribution is 2.30. The number of hydrogen-bond acceptors (Lipinski definition) is 4. The van der Waals surface area contributed by atoms with E-state index < -0.39 is 5.63 Å². The number of carbonyl (C=O) groups is 1. The summed E-state index contributed by atoms with van der Waals surface area (Å²) in [5, 5.41) is 4.49. The van der Waals surface area contributed by atoms with Crippen LogP contribution >= 0.6 is 11.6 Å². The van der Waals surface area contributed by atoms with Crippen LogP contribution in [0.5, 0.6) is 5.75 Å². The van der Waals surface area contributed by atoms with Gasteiger partial charge in [0.25, 0.3) is 0 Å². The van der Waals surface area contributed by atoms with Gasteiger partial charge in [0.1, 0.15) is 11.3 Å². The molecule has 3 aromatic rings. The van der Waals surface area contributed by atoms with E-state index in [0.717, 1.165) is 40.6 Å². The zero-order chi connectivity index (χ0) is 21.8. The molecule has 158 valence electrons. The van der Waals surface area contributed by atoms with E-state index in [1.807, 2.05) is 45.0 Å². The highest BCUT2D eigenvalue weighted by molar-refractivity contribution is 6.32. The molecule has 0 spiro atoms. The van der Waals surface area contributed by atoms with Crippen LogP contribution in [0.25, 0.3) is 11.0 Å². The Balaban J connectivity index is 1.83. The van der Waals surface area contributed by atoms with E-state index >= 15 is 0 Å². The average Bonchev–Trinajstić information content (AvgIpc) is 2.73. The molecular weight excluding hydrogens is 402 g/mol. The lowest BCUT2D eigenvalue weighted by molar-refractivity contribution is -0.116. The number of nitrogens with one attached hydrogen (secondary N) is 1. The van der Waals surface area contributed by atoms with Gasteiger partial charge in [-0.15, -0.1) is 0 Å². The van der Waals surface area contributed by atoms with Crippen molar-refractivity contribution in [3.8, 4) is 5.75 Å². The van der Waals surface area contributed by atoms with Gasteiger partial charge < -0.3 is 14.5 Å². The molecule has 0 atom stereocenters. The van der Waals surface area contributed by atoms with E-state index in [0.29, 0.717) is 28.3 Å². The molecule has 30 heavy (non-hydrogen) atoms. The van der Waals surface area contributed by atoms with Gasteiger partial charge in [0.05, 0.1) is 7.11 Å². The van der Waals surface area contributed by atoms with Crippen LogP contribution in [0, 0.1) is 6.92 Å². The molecular formula is C24H26ClNO4. The highest BCUT2D eigenvalue weighted by atomic mass is 35.5. The average molecular weight is 428 g/mol. The number of ether oxygens (including phenoxy) is 1. The van der Waals surface area contributed by atoms with Crippen molar-refractivity contribution in [3.05, 3.63) is 68.0 Å². The normalized spacial score (nSPS) is 11.0. The van der Waals surface area contributed by atoms with E-state index in [1.165, 1.54) is 0 Å². The van der Waals surface area contributed by atoms with Crippen molar-refractivity contribution >= 4 is 34.2 Å². The molecule has 0 aliphatic heterocycles. The first-order valence-electron chi connectivity index (χ1n) is 10.1. The lowest BCUT2D eigenvalue weighted by Gasteiger charge is -2.16. The number of aryl methyl sites for hydroxylation is 2. The van der Waals surface area contributed by atoms with Crippen molar-refractivity contribution in [2.45, 2.75) is 46.5 Å².